The van der Waals surface area contributed by atoms with E-state index in [1.165, 1.54) is 41.4 Å². The fraction of sp³-hybridized carbons (Fsp3) is 0.286. The van der Waals surface area contributed by atoms with Crippen molar-refractivity contribution in [2.24, 2.45) is 0 Å². The molecule has 2 aromatic carbocycles. The molecule has 3 rings (SSSR count). The number of aromatic nitrogens is 2. The molecule has 0 aliphatic rings. The number of aryl methyl sites for hydroxylation is 1. The molecule has 1 N–H and O–H groups in total. The summed E-state index contributed by atoms with van der Waals surface area (Å²) >= 11 is 1.31. The zero-order valence-electron chi connectivity index (χ0n) is 17.9. The molecule has 0 spiro atoms. The predicted octanol–water partition coefficient (Wildman–Crippen LogP) is 3.47. The van der Waals surface area contributed by atoms with Crippen LogP contribution in [0.2, 0.25) is 0 Å². The van der Waals surface area contributed by atoms with Crippen LogP contribution in [0.15, 0.2) is 57.9 Å². The average molecular weight is 477 g/mol. The van der Waals surface area contributed by atoms with Crippen molar-refractivity contribution in [2.75, 3.05) is 29.0 Å². The lowest BCUT2D eigenvalue weighted by Gasteiger charge is -2.23. The molecule has 32 heavy (non-hydrogen) atoms. The molecule has 1 aromatic heterocycles. The number of hydrogen-bond acceptors (Lipinski definition) is 8. The number of ether oxygens (including phenoxy) is 1. The number of nitrogens with one attached hydrogen (secondary N) is 1. The highest BCUT2D eigenvalue weighted by Gasteiger charge is 2.25. The lowest BCUT2D eigenvalue weighted by molar-refractivity contribution is -0.113. The summed E-state index contributed by atoms with van der Waals surface area (Å²) in [7, 11) is -2.39. The predicted molar refractivity (Wildman–Crippen MR) is 123 cm³/mol. The largest absolute Gasteiger partial charge is 0.495 e. The van der Waals surface area contributed by atoms with Crippen molar-refractivity contribution < 1.29 is 22.5 Å². The van der Waals surface area contributed by atoms with Gasteiger partial charge in [-0.05, 0) is 37.3 Å². The van der Waals surface area contributed by atoms with Crippen LogP contribution in [0.4, 0.5) is 11.4 Å². The van der Waals surface area contributed by atoms with Crippen LogP contribution in [-0.2, 0) is 20.6 Å². The summed E-state index contributed by atoms with van der Waals surface area (Å²) in [5, 5.41) is 6.51. The van der Waals surface area contributed by atoms with Gasteiger partial charge in [0.05, 0.1) is 34.9 Å². The maximum absolute atomic E-state index is 13.3. The molecule has 170 valence electrons. The van der Waals surface area contributed by atoms with Crippen LogP contribution in [-0.4, -0.2) is 43.9 Å². The standard InChI is InChI=1S/C21H24N4O5S2/c1-4-25(16-8-6-5-7-9-16)32(27,28)17-10-11-19(29-3)18(12-17)23-21(26)14-31-13-20-22-15(2)30-24-20/h5-12H,4,13-14H2,1-3H3,(H,23,26). The number of thioether (sulfide) groups is 1. The molecule has 1 amide bonds. The Bertz CT molecular complexity index is 1170. The molecule has 0 bridgehead atoms. The summed E-state index contributed by atoms with van der Waals surface area (Å²) in [5.74, 6) is 1.56. The summed E-state index contributed by atoms with van der Waals surface area (Å²) in [5.41, 5.74) is 0.836. The van der Waals surface area contributed by atoms with Crippen LogP contribution >= 0.6 is 11.8 Å². The zero-order chi connectivity index (χ0) is 23.1. The highest BCUT2D eigenvalue weighted by molar-refractivity contribution is 7.99. The van der Waals surface area contributed by atoms with Crippen molar-refractivity contribution in [1.82, 2.24) is 10.1 Å². The lowest BCUT2D eigenvalue weighted by Crippen LogP contribution is -2.30. The minimum absolute atomic E-state index is 0.0502. The zero-order valence-corrected chi connectivity index (χ0v) is 19.6. The number of rotatable bonds is 10. The van der Waals surface area contributed by atoms with Gasteiger partial charge >= 0.3 is 0 Å². The SMILES string of the molecule is CCN(c1ccccc1)S(=O)(=O)c1ccc(OC)c(NC(=O)CSCc2noc(C)n2)c1. The van der Waals surface area contributed by atoms with Gasteiger partial charge in [-0.15, -0.1) is 11.8 Å². The van der Waals surface area contributed by atoms with Crippen LogP contribution in [0, 0.1) is 6.92 Å². The van der Waals surface area contributed by atoms with Gasteiger partial charge in [-0.25, -0.2) is 8.42 Å². The molecule has 0 saturated heterocycles. The van der Waals surface area contributed by atoms with Crippen molar-refractivity contribution in [2.45, 2.75) is 24.5 Å². The summed E-state index contributed by atoms with van der Waals surface area (Å²) in [4.78, 5) is 16.6. The number of carbonyl (C=O) groups is 1. The van der Waals surface area contributed by atoms with Gasteiger partial charge in [0.1, 0.15) is 5.75 Å². The molecule has 0 aliphatic carbocycles. The third-order valence-electron chi connectivity index (χ3n) is 4.40. The number of carbonyl (C=O) groups excluding carboxylic acids is 1. The van der Waals surface area contributed by atoms with E-state index in [2.05, 4.69) is 15.5 Å². The minimum atomic E-state index is -3.84. The van der Waals surface area contributed by atoms with Gasteiger partial charge in [0.2, 0.25) is 11.8 Å². The van der Waals surface area contributed by atoms with Crippen molar-refractivity contribution in [1.29, 1.82) is 0 Å². The highest BCUT2D eigenvalue weighted by atomic mass is 32.2. The van der Waals surface area contributed by atoms with E-state index in [0.29, 0.717) is 28.9 Å². The third kappa shape index (κ3) is 5.60. The third-order valence-corrected chi connectivity index (χ3v) is 7.23. The fourth-order valence-electron chi connectivity index (χ4n) is 2.98. The van der Waals surface area contributed by atoms with Gasteiger partial charge in [-0.2, -0.15) is 4.98 Å². The van der Waals surface area contributed by atoms with E-state index in [1.54, 1.807) is 38.1 Å². The van der Waals surface area contributed by atoms with Crippen molar-refractivity contribution in [3.8, 4) is 5.75 Å². The Morgan fingerprint density at radius 1 is 1.22 bits per heavy atom. The highest BCUT2D eigenvalue weighted by Crippen LogP contribution is 2.31. The van der Waals surface area contributed by atoms with Crippen molar-refractivity contribution >= 4 is 39.1 Å². The minimum Gasteiger partial charge on any atom is -0.495 e. The van der Waals surface area contributed by atoms with Gasteiger partial charge in [0, 0.05) is 13.5 Å². The molecule has 0 atom stereocenters. The second-order valence-corrected chi connectivity index (χ2v) is 9.49. The molecule has 0 saturated carbocycles. The van der Waals surface area contributed by atoms with Crippen LogP contribution in [0.1, 0.15) is 18.6 Å². The smallest absolute Gasteiger partial charge is 0.264 e. The van der Waals surface area contributed by atoms with Gasteiger partial charge < -0.3 is 14.6 Å². The molecule has 0 unspecified atom stereocenters. The number of benzene rings is 2. The van der Waals surface area contributed by atoms with E-state index in [-0.39, 0.29) is 28.8 Å². The second kappa shape index (κ2) is 10.5. The first-order chi connectivity index (χ1) is 15.3. The molecule has 0 aliphatic heterocycles. The van der Waals surface area contributed by atoms with E-state index in [0.717, 1.165) is 0 Å². The van der Waals surface area contributed by atoms with Crippen LogP contribution in [0.3, 0.4) is 0 Å². The lowest BCUT2D eigenvalue weighted by atomic mass is 10.3. The van der Waals surface area contributed by atoms with Gasteiger partial charge in [-0.1, -0.05) is 23.4 Å². The average Bonchev–Trinajstić information content (AvgIpc) is 3.19. The summed E-state index contributed by atoms with van der Waals surface area (Å²) in [6, 6.07) is 13.2. The molecule has 9 nitrogen and oxygen atoms in total. The Balaban J connectivity index is 1.76. The fourth-order valence-corrected chi connectivity index (χ4v) is 5.14. The molecule has 3 aromatic rings. The summed E-state index contributed by atoms with van der Waals surface area (Å²) in [6.07, 6.45) is 0. The molecule has 1 heterocycles. The normalized spacial score (nSPS) is 11.2. The number of nitrogens with zero attached hydrogens (tertiary/aromatic N) is 3. The Morgan fingerprint density at radius 2 is 1.97 bits per heavy atom. The second-order valence-electron chi connectivity index (χ2n) is 6.64. The number of sulfonamides is 1. The molecular formula is C21H24N4O5S2. The monoisotopic (exact) mass is 476 g/mol. The van der Waals surface area contributed by atoms with E-state index < -0.39 is 10.0 Å². The maximum atomic E-state index is 13.3. The van der Waals surface area contributed by atoms with Crippen LogP contribution < -0.4 is 14.4 Å². The quantitative estimate of drug-likeness (QED) is 0.473. The summed E-state index contributed by atoms with van der Waals surface area (Å²) in [6.45, 7) is 3.71. The molecule has 0 radical (unpaired) electrons. The van der Waals surface area contributed by atoms with Gasteiger partial charge in [0.25, 0.3) is 10.0 Å². The van der Waals surface area contributed by atoms with E-state index >= 15 is 0 Å². The first-order valence-corrected chi connectivity index (χ1v) is 12.4. The topological polar surface area (TPSA) is 115 Å². The number of hydrogen-bond donors (Lipinski definition) is 1. The number of amides is 1. The van der Waals surface area contributed by atoms with Gasteiger partial charge in [0.15, 0.2) is 5.82 Å². The molecule has 11 heteroatoms. The Morgan fingerprint density at radius 3 is 2.59 bits per heavy atom. The first kappa shape index (κ1) is 23.6. The molecular weight excluding hydrogens is 452 g/mol. The van der Waals surface area contributed by atoms with Crippen LogP contribution in [0.5, 0.6) is 5.75 Å². The van der Waals surface area contributed by atoms with Crippen molar-refractivity contribution in [3.63, 3.8) is 0 Å². The Hall–Kier alpha value is -3.05. The molecule has 0 fully saturated rings. The Kier molecular flexibility index (Phi) is 7.75. The Labute approximate surface area is 191 Å². The van der Waals surface area contributed by atoms with E-state index in [4.69, 9.17) is 9.26 Å². The van der Waals surface area contributed by atoms with Crippen LogP contribution in [0.25, 0.3) is 0 Å². The van der Waals surface area contributed by atoms with Crippen molar-refractivity contribution in [3.05, 3.63) is 60.2 Å². The summed E-state index contributed by atoms with van der Waals surface area (Å²) < 4.78 is 38.1. The first-order valence-electron chi connectivity index (χ1n) is 9.77. The number of methoxy groups -OCH3 is 1. The number of anilines is 2. The van der Waals surface area contributed by atoms with Gasteiger partial charge in [-0.3, -0.25) is 9.10 Å². The maximum Gasteiger partial charge on any atom is 0.264 e. The van der Waals surface area contributed by atoms with E-state index in [9.17, 15) is 13.2 Å². The van der Waals surface area contributed by atoms with E-state index in [1.807, 2.05) is 6.07 Å². The number of para-hydroxylation sites is 1.